The van der Waals surface area contributed by atoms with E-state index in [-0.39, 0.29) is 11.3 Å². The van der Waals surface area contributed by atoms with Gasteiger partial charge in [-0.25, -0.2) is 4.39 Å². The summed E-state index contributed by atoms with van der Waals surface area (Å²) >= 11 is 0. The highest BCUT2D eigenvalue weighted by atomic mass is 19.1. The highest BCUT2D eigenvalue weighted by Crippen LogP contribution is 2.12. The molecule has 0 heterocycles. The molecule has 0 spiro atoms. The molecule has 2 nitrogen and oxygen atoms in total. The SMILES string of the molecule is CCC(C#N)C(=O)c1cccc(F)c1. The summed E-state index contributed by atoms with van der Waals surface area (Å²) in [6.45, 7) is 1.76. The number of ketones is 1. The van der Waals surface area contributed by atoms with Crippen LogP contribution in [0.2, 0.25) is 0 Å². The number of benzene rings is 1. The van der Waals surface area contributed by atoms with Crippen LogP contribution >= 0.6 is 0 Å². The zero-order valence-corrected chi connectivity index (χ0v) is 7.83. The van der Waals surface area contributed by atoms with E-state index in [1.54, 1.807) is 6.92 Å². The second kappa shape index (κ2) is 4.52. The van der Waals surface area contributed by atoms with Gasteiger partial charge in [0.1, 0.15) is 11.7 Å². The van der Waals surface area contributed by atoms with E-state index in [0.717, 1.165) is 6.07 Å². The summed E-state index contributed by atoms with van der Waals surface area (Å²) in [5, 5.41) is 8.66. The van der Waals surface area contributed by atoms with Gasteiger partial charge in [0.15, 0.2) is 5.78 Å². The Morgan fingerprint density at radius 2 is 2.36 bits per heavy atom. The minimum Gasteiger partial charge on any atom is -0.293 e. The van der Waals surface area contributed by atoms with Crippen LogP contribution in [-0.4, -0.2) is 5.78 Å². The van der Waals surface area contributed by atoms with Gasteiger partial charge in [0.25, 0.3) is 0 Å². The maximum Gasteiger partial charge on any atom is 0.180 e. The Balaban J connectivity index is 2.95. The molecule has 0 fully saturated rings. The van der Waals surface area contributed by atoms with Crippen LogP contribution in [0.1, 0.15) is 23.7 Å². The Bertz CT molecular complexity index is 381. The maximum atomic E-state index is 12.8. The molecule has 0 radical (unpaired) electrons. The zero-order valence-electron chi connectivity index (χ0n) is 7.83. The highest BCUT2D eigenvalue weighted by molar-refractivity contribution is 5.99. The Morgan fingerprint density at radius 1 is 1.64 bits per heavy atom. The number of hydrogen-bond acceptors (Lipinski definition) is 2. The maximum absolute atomic E-state index is 12.8. The second-order valence-corrected chi connectivity index (χ2v) is 2.96. The fourth-order valence-electron chi connectivity index (χ4n) is 1.18. The molecule has 0 N–H and O–H groups in total. The van der Waals surface area contributed by atoms with E-state index >= 15 is 0 Å². The number of Topliss-reactive ketones (excluding diaryl/α,β-unsaturated/α-hetero) is 1. The van der Waals surface area contributed by atoms with Gasteiger partial charge >= 0.3 is 0 Å². The lowest BCUT2D eigenvalue weighted by atomic mass is 9.97. The number of carbonyl (C=O) groups is 1. The number of hydrogen-bond donors (Lipinski definition) is 0. The van der Waals surface area contributed by atoms with Crippen molar-refractivity contribution >= 4 is 5.78 Å². The predicted octanol–water partition coefficient (Wildman–Crippen LogP) is 2.56. The normalized spacial score (nSPS) is 11.8. The minimum atomic E-state index is -0.670. The predicted molar refractivity (Wildman–Crippen MR) is 50.1 cm³/mol. The zero-order chi connectivity index (χ0) is 10.6. The van der Waals surface area contributed by atoms with Crippen molar-refractivity contribution in [1.29, 1.82) is 5.26 Å². The number of nitrogens with zero attached hydrogens (tertiary/aromatic N) is 1. The summed E-state index contributed by atoms with van der Waals surface area (Å²) in [5.41, 5.74) is 0.262. The van der Waals surface area contributed by atoms with Crippen molar-refractivity contribution in [2.45, 2.75) is 13.3 Å². The summed E-state index contributed by atoms with van der Waals surface area (Å²) < 4.78 is 12.8. The van der Waals surface area contributed by atoms with Gasteiger partial charge in [-0.3, -0.25) is 4.79 Å². The molecule has 14 heavy (non-hydrogen) atoms. The first-order valence-electron chi connectivity index (χ1n) is 4.38. The van der Waals surface area contributed by atoms with Crippen molar-refractivity contribution in [1.82, 2.24) is 0 Å². The number of nitriles is 1. The van der Waals surface area contributed by atoms with Crippen LogP contribution in [0.5, 0.6) is 0 Å². The van der Waals surface area contributed by atoms with Gasteiger partial charge in [0.05, 0.1) is 6.07 Å². The molecule has 1 unspecified atom stereocenters. The molecule has 0 bridgehead atoms. The smallest absolute Gasteiger partial charge is 0.180 e. The van der Waals surface area contributed by atoms with Gasteiger partial charge in [-0.1, -0.05) is 19.1 Å². The fraction of sp³-hybridized carbons (Fsp3) is 0.273. The largest absolute Gasteiger partial charge is 0.293 e. The first-order valence-corrected chi connectivity index (χ1v) is 4.38. The molecule has 3 heteroatoms. The van der Waals surface area contributed by atoms with Crippen LogP contribution in [0.15, 0.2) is 24.3 Å². The molecule has 1 aromatic rings. The highest BCUT2D eigenvalue weighted by Gasteiger charge is 2.17. The molecule has 0 saturated carbocycles. The van der Waals surface area contributed by atoms with Crippen LogP contribution in [0.4, 0.5) is 4.39 Å². The molecule has 1 atom stereocenters. The summed E-state index contributed by atoms with van der Waals surface area (Å²) in [4.78, 5) is 11.6. The van der Waals surface area contributed by atoms with Crippen molar-refractivity contribution in [3.8, 4) is 6.07 Å². The van der Waals surface area contributed by atoms with Crippen LogP contribution in [0.3, 0.4) is 0 Å². The number of carbonyl (C=O) groups excluding carboxylic acids is 1. The van der Waals surface area contributed by atoms with Gasteiger partial charge in [0, 0.05) is 5.56 Å². The molecule has 72 valence electrons. The van der Waals surface area contributed by atoms with Gasteiger partial charge in [-0.15, -0.1) is 0 Å². The standard InChI is InChI=1S/C11H10FNO/c1-2-8(7-13)11(14)9-4-3-5-10(12)6-9/h3-6,8H,2H2,1H3. The third-order valence-electron chi connectivity index (χ3n) is 1.99. The minimum absolute atomic E-state index is 0.262. The molecule has 1 rings (SSSR count). The lowest BCUT2D eigenvalue weighted by molar-refractivity contribution is 0.0946. The van der Waals surface area contributed by atoms with Crippen LogP contribution in [-0.2, 0) is 0 Å². The first kappa shape index (κ1) is 10.4. The number of rotatable bonds is 3. The van der Waals surface area contributed by atoms with Crippen molar-refractivity contribution in [3.63, 3.8) is 0 Å². The van der Waals surface area contributed by atoms with Crippen LogP contribution in [0, 0.1) is 23.1 Å². The van der Waals surface area contributed by atoms with Crippen LogP contribution in [0.25, 0.3) is 0 Å². The lowest BCUT2D eigenvalue weighted by Crippen LogP contribution is -2.11. The van der Waals surface area contributed by atoms with Crippen molar-refractivity contribution < 1.29 is 9.18 Å². The summed E-state index contributed by atoms with van der Waals surface area (Å²) in [7, 11) is 0. The van der Waals surface area contributed by atoms with E-state index in [4.69, 9.17) is 5.26 Å². The molecule has 0 aliphatic heterocycles. The molecule has 0 aromatic heterocycles. The van der Waals surface area contributed by atoms with Gasteiger partial charge < -0.3 is 0 Å². The quantitative estimate of drug-likeness (QED) is 0.689. The Morgan fingerprint density at radius 3 is 2.86 bits per heavy atom. The topological polar surface area (TPSA) is 40.9 Å². The van der Waals surface area contributed by atoms with Crippen LogP contribution < -0.4 is 0 Å². The Kier molecular flexibility index (Phi) is 3.35. The number of halogens is 1. The monoisotopic (exact) mass is 191 g/mol. The average Bonchev–Trinajstić information content (AvgIpc) is 2.19. The first-order chi connectivity index (χ1) is 6.69. The van der Waals surface area contributed by atoms with Crippen molar-refractivity contribution in [2.24, 2.45) is 5.92 Å². The van der Waals surface area contributed by atoms with Crippen molar-refractivity contribution in [3.05, 3.63) is 35.6 Å². The molecular weight excluding hydrogens is 181 g/mol. The summed E-state index contributed by atoms with van der Waals surface area (Å²) in [6, 6.07) is 7.30. The second-order valence-electron chi connectivity index (χ2n) is 2.96. The van der Waals surface area contributed by atoms with E-state index in [0.29, 0.717) is 6.42 Å². The average molecular weight is 191 g/mol. The summed E-state index contributed by atoms with van der Waals surface area (Å²) in [6.07, 6.45) is 0.450. The third-order valence-corrected chi connectivity index (χ3v) is 1.99. The van der Waals surface area contributed by atoms with E-state index in [1.807, 2.05) is 6.07 Å². The Labute approximate surface area is 82.0 Å². The molecule has 1 aromatic carbocycles. The third kappa shape index (κ3) is 2.17. The fourth-order valence-corrected chi connectivity index (χ4v) is 1.18. The molecular formula is C11H10FNO. The molecule has 0 aliphatic rings. The summed E-state index contributed by atoms with van der Waals surface area (Å²) in [5.74, 6) is -1.44. The van der Waals surface area contributed by atoms with E-state index in [1.165, 1.54) is 18.2 Å². The van der Waals surface area contributed by atoms with Gasteiger partial charge in [-0.05, 0) is 18.6 Å². The van der Waals surface area contributed by atoms with Crippen molar-refractivity contribution in [2.75, 3.05) is 0 Å². The van der Waals surface area contributed by atoms with Gasteiger partial charge in [0.2, 0.25) is 0 Å². The lowest BCUT2D eigenvalue weighted by Gasteiger charge is -2.04. The van der Waals surface area contributed by atoms with E-state index in [9.17, 15) is 9.18 Å². The molecule has 0 amide bonds. The van der Waals surface area contributed by atoms with E-state index in [2.05, 4.69) is 0 Å². The molecule has 0 aliphatic carbocycles. The molecule has 0 saturated heterocycles. The van der Waals surface area contributed by atoms with Gasteiger partial charge in [-0.2, -0.15) is 5.26 Å². The Hall–Kier alpha value is -1.69. The van der Waals surface area contributed by atoms with E-state index < -0.39 is 11.7 Å².